The van der Waals surface area contributed by atoms with Crippen LogP contribution in [0.4, 0.5) is 0 Å². The number of hydrogen-bond acceptors (Lipinski definition) is 7. The van der Waals surface area contributed by atoms with E-state index in [1.807, 2.05) is 20.8 Å². The van der Waals surface area contributed by atoms with Gasteiger partial charge in [-0.05, 0) is 76.5 Å². The molecule has 6 fully saturated rings. The maximum atomic E-state index is 13.2. The number of epoxide rings is 1. The van der Waals surface area contributed by atoms with Crippen molar-refractivity contribution in [2.45, 2.75) is 97.1 Å². The van der Waals surface area contributed by atoms with Crippen LogP contribution in [0.2, 0.25) is 0 Å². The first kappa shape index (κ1) is 23.4. The lowest BCUT2D eigenvalue weighted by atomic mass is 9.43. The number of rotatable bonds is 3. The summed E-state index contributed by atoms with van der Waals surface area (Å²) < 4.78 is 43.1. The Labute approximate surface area is 202 Å². The average Bonchev–Trinajstić information content (AvgIpc) is 3.61. The Balaban J connectivity index is 1.36. The highest BCUT2D eigenvalue weighted by Crippen LogP contribution is 2.77. The zero-order valence-electron chi connectivity index (χ0n) is 21.1. The van der Waals surface area contributed by atoms with E-state index in [9.17, 15) is 18.0 Å². The molecule has 5 aliphatic carbocycles. The van der Waals surface area contributed by atoms with E-state index in [0.717, 1.165) is 38.4 Å². The van der Waals surface area contributed by atoms with Gasteiger partial charge in [-0.25, -0.2) is 0 Å². The molecule has 1 spiro atoms. The second-order valence-corrected chi connectivity index (χ2v) is 15.3. The number of Topliss-reactive ketones (excluding diaryl/α,β-unsaturated/α-hetero) is 1. The molecule has 190 valence electrons. The number of hydrogen-bond donors (Lipinski definition) is 0. The number of carbonyl (C=O) groups is 2. The zero-order chi connectivity index (χ0) is 24.6. The molecule has 0 aromatic rings. The third-order valence-corrected chi connectivity index (χ3v) is 11.3. The van der Waals surface area contributed by atoms with Crippen LogP contribution in [0.25, 0.3) is 0 Å². The number of ether oxygens (including phenoxy) is 2. The molecular weight excluding hydrogens is 456 g/mol. The Hall–Kier alpha value is -0.990. The van der Waals surface area contributed by atoms with Gasteiger partial charge in [-0.3, -0.25) is 13.8 Å². The first-order valence-electron chi connectivity index (χ1n) is 12.9. The molecule has 1 saturated heterocycles. The van der Waals surface area contributed by atoms with Gasteiger partial charge in [0, 0.05) is 23.2 Å². The Morgan fingerprint density at radius 2 is 1.85 bits per heavy atom. The number of ketones is 1. The molecule has 34 heavy (non-hydrogen) atoms. The topological polar surface area (TPSA) is 99.3 Å². The molecule has 1 heterocycles. The van der Waals surface area contributed by atoms with Gasteiger partial charge in [0.05, 0.1) is 11.7 Å². The van der Waals surface area contributed by atoms with Crippen LogP contribution in [-0.2, 0) is 33.4 Å². The maximum Gasteiger partial charge on any atom is 0.311 e. The van der Waals surface area contributed by atoms with E-state index in [0.29, 0.717) is 18.1 Å². The fourth-order valence-corrected chi connectivity index (χ4v) is 9.62. The highest BCUT2D eigenvalue weighted by molar-refractivity contribution is 7.86. The molecule has 0 amide bonds. The summed E-state index contributed by atoms with van der Waals surface area (Å²) in [6.07, 6.45) is 4.84. The summed E-state index contributed by atoms with van der Waals surface area (Å²) in [6, 6.07) is 0. The van der Waals surface area contributed by atoms with Crippen molar-refractivity contribution in [3.05, 3.63) is 0 Å². The second-order valence-electron chi connectivity index (χ2n) is 13.7. The van der Waals surface area contributed by atoms with Crippen LogP contribution in [0.5, 0.6) is 0 Å². The third kappa shape index (κ3) is 2.97. The molecule has 8 heteroatoms. The van der Waals surface area contributed by atoms with Gasteiger partial charge in [0.2, 0.25) is 0 Å². The predicted octanol–water partition coefficient (Wildman–Crippen LogP) is 3.50. The van der Waals surface area contributed by atoms with E-state index in [4.69, 9.17) is 13.7 Å². The molecule has 1 aliphatic heterocycles. The van der Waals surface area contributed by atoms with E-state index in [-0.39, 0.29) is 52.7 Å². The third-order valence-electron chi connectivity index (χ3n) is 10.7. The van der Waals surface area contributed by atoms with E-state index in [1.54, 1.807) is 0 Å². The summed E-state index contributed by atoms with van der Waals surface area (Å²) in [5.74, 6) is 1.05. The van der Waals surface area contributed by atoms with Crippen LogP contribution < -0.4 is 0 Å². The Kier molecular flexibility index (Phi) is 4.58. The van der Waals surface area contributed by atoms with Gasteiger partial charge in [-0.1, -0.05) is 13.8 Å². The van der Waals surface area contributed by atoms with Crippen molar-refractivity contribution in [1.82, 2.24) is 0 Å². The van der Waals surface area contributed by atoms with Gasteiger partial charge in [-0.2, -0.15) is 8.42 Å². The molecule has 0 unspecified atom stereocenters. The highest BCUT2D eigenvalue weighted by atomic mass is 32.2. The first-order valence-corrected chi connectivity index (χ1v) is 14.8. The van der Waals surface area contributed by atoms with Gasteiger partial charge in [0.1, 0.15) is 29.7 Å². The lowest BCUT2D eigenvalue weighted by Crippen LogP contribution is -2.64. The fourth-order valence-electron chi connectivity index (χ4n) is 8.99. The molecule has 0 aromatic carbocycles. The van der Waals surface area contributed by atoms with Gasteiger partial charge < -0.3 is 9.47 Å². The molecule has 5 saturated carbocycles. The quantitative estimate of drug-likeness (QED) is 0.336. The van der Waals surface area contributed by atoms with Crippen LogP contribution >= 0.6 is 0 Å². The van der Waals surface area contributed by atoms with Crippen molar-refractivity contribution in [1.29, 1.82) is 0 Å². The molecule has 6 aliphatic rings. The molecule has 6 rings (SSSR count). The molecule has 11 atom stereocenters. The zero-order valence-corrected chi connectivity index (χ0v) is 21.9. The fraction of sp³-hybridized carbons (Fsp3) is 0.923. The van der Waals surface area contributed by atoms with Crippen LogP contribution in [-0.4, -0.2) is 50.3 Å². The van der Waals surface area contributed by atoms with E-state index >= 15 is 0 Å². The van der Waals surface area contributed by atoms with Crippen molar-refractivity contribution in [2.75, 3.05) is 6.26 Å². The SMILES string of the molecule is CC(C)(C)C(=O)O[C@H]1CC[C@]2(C)[C@H]3CC[C@]4(C)C(=O)[C@H]5C[C@H]5[C@H]4[C@@H]3[C@@H](OS(C)(=O)=O)[C@H]3O[C@]32C1. The predicted molar refractivity (Wildman–Crippen MR) is 123 cm³/mol. The molecule has 0 radical (unpaired) electrons. The Bertz CT molecular complexity index is 1060. The smallest absolute Gasteiger partial charge is 0.311 e. The van der Waals surface area contributed by atoms with Crippen LogP contribution in [0.15, 0.2) is 0 Å². The maximum absolute atomic E-state index is 13.2. The summed E-state index contributed by atoms with van der Waals surface area (Å²) in [5, 5.41) is 0. The van der Waals surface area contributed by atoms with Crippen molar-refractivity contribution in [3.8, 4) is 0 Å². The van der Waals surface area contributed by atoms with Gasteiger partial charge in [0.15, 0.2) is 0 Å². The minimum absolute atomic E-state index is 0.00535. The molecule has 0 bridgehead atoms. The summed E-state index contributed by atoms with van der Waals surface area (Å²) >= 11 is 0. The number of esters is 1. The summed E-state index contributed by atoms with van der Waals surface area (Å²) in [4.78, 5) is 25.8. The van der Waals surface area contributed by atoms with Gasteiger partial charge in [-0.15, -0.1) is 0 Å². The van der Waals surface area contributed by atoms with Gasteiger partial charge in [0.25, 0.3) is 10.1 Å². The number of carbonyl (C=O) groups excluding carboxylic acids is 2. The van der Waals surface area contributed by atoms with Crippen LogP contribution in [0.1, 0.15) is 73.1 Å². The normalized spacial score (nSPS) is 53.1. The van der Waals surface area contributed by atoms with Crippen LogP contribution in [0.3, 0.4) is 0 Å². The van der Waals surface area contributed by atoms with Crippen molar-refractivity contribution >= 4 is 21.9 Å². The molecule has 0 aromatic heterocycles. The standard InChI is InChI=1S/C26H38O7S/c1-23(2,3)22(28)31-13-7-10-25(5)16-8-9-24(4)18(14-11-15(14)20(24)27)17(16)19(33-34(6,29)30)21-26(25,12-13)32-21/h13-19,21H,7-12H2,1-6H3/t13-,14+,15-,16-,17+,18-,19+,21+,24-,25+,26+/m0/s1. The number of fused-ring (bicyclic) bond motifs is 6. The Morgan fingerprint density at radius 3 is 2.50 bits per heavy atom. The van der Waals surface area contributed by atoms with E-state index in [2.05, 4.69) is 13.8 Å². The van der Waals surface area contributed by atoms with Crippen molar-refractivity contribution in [2.24, 2.45) is 45.8 Å². The molecule has 0 N–H and O–H groups in total. The Morgan fingerprint density at radius 1 is 1.15 bits per heavy atom. The van der Waals surface area contributed by atoms with E-state index in [1.165, 1.54) is 0 Å². The lowest BCUT2D eigenvalue weighted by molar-refractivity contribution is -0.173. The minimum atomic E-state index is -3.71. The second kappa shape index (κ2) is 6.65. The summed E-state index contributed by atoms with van der Waals surface area (Å²) in [6.45, 7) is 9.97. The average molecular weight is 495 g/mol. The molecule has 7 nitrogen and oxygen atoms in total. The van der Waals surface area contributed by atoms with Gasteiger partial charge >= 0.3 is 5.97 Å². The van der Waals surface area contributed by atoms with Crippen molar-refractivity contribution in [3.63, 3.8) is 0 Å². The highest BCUT2D eigenvalue weighted by Gasteiger charge is 2.82. The summed E-state index contributed by atoms with van der Waals surface area (Å²) in [5.41, 5.74) is -1.64. The van der Waals surface area contributed by atoms with Crippen LogP contribution in [0, 0.1) is 45.8 Å². The molecular formula is C26H38O7S. The van der Waals surface area contributed by atoms with E-state index < -0.39 is 27.2 Å². The minimum Gasteiger partial charge on any atom is -0.462 e. The van der Waals surface area contributed by atoms with Crippen molar-refractivity contribution < 1.29 is 31.7 Å². The summed E-state index contributed by atoms with van der Waals surface area (Å²) in [7, 11) is -3.71. The largest absolute Gasteiger partial charge is 0.462 e. The first-order chi connectivity index (χ1) is 15.6. The lowest BCUT2D eigenvalue weighted by Gasteiger charge is -2.60. The monoisotopic (exact) mass is 494 g/mol.